The van der Waals surface area contributed by atoms with Crippen molar-refractivity contribution in [1.29, 1.82) is 0 Å². The number of urea groups is 1. The number of carbonyl (C=O) groups excluding carboxylic acids is 1. The normalized spacial score (nSPS) is 23.0. The molecule has 0 unspecified atom stereocenters. The quantitative estimate of drug-likeness (QED) is 0.760. The van der Waals surface area contributed by atoms with Gasteiger partial charge in [-0.25, -0.2) is 14.8 Å². The molecule has 2 aromatic heterocycles. The lowest BCUT2D eigenvalue weighted by atomic mass is 9.65. The number of aromatic amines is 1. The predicted molar refractivity (Wildman–Crippen MR) is 111 cm³/mol. The van der Waals surface area contributed by atoms with Gasteiger partial charge in [-0.1, -0.05) is 6.07 Å². The standard InChI is InChI=1S/C22H28F2N6O2/c23-20(24)32-18-2-1-16(10-25-18)9-15-3-6-22(7-4-15)12-30(13-22)21(31)29-8-5-17(11-29)19-26-14-27-28-19/h1-2,10,14-15,17,20H,3-9,11-13H2,(H,26,27,28)/t17-/m0/s1. The van der Waals surface area contributed by atoms with Gasteiger partial charge in [0.15, 0.2) is 0 Å². The number of nitrogens with one attached hydrogen (secondary N) is 1. The maximum atomic E-state index is 12.9. The second-order valence-corrected chi connectivity index (χ2v) is 9.47. The molecule has 0 aromatic carbocycles. The number of carbonyl (C=O) groups is 1. The fourth-order valence-electron chi connectivity index (χ4n) is 5.50. The SMILES string of the molecule is O=C(N1CC[C@H](c2ncn[nH]2)C1)N1CC2(CCC(Cc3ccc(OC(F)F)nc3)CC2)C1. The second kappa shape index (κ2) is 8.63. The number of nitrogens with zero attached hydrogens (tertiary/aromatic N) is 5. The maximum absolute atomic E-state index is 12.9. The molecule has 0 radical (unpaired) electrons. The summed E-state index contributed by atoms with van der Waals surface area (Å²) in [6.07, 6.45) is 9.47. The molecule has 3 fully saturated rings. The highest BCUT2D eigenvalue weighted by Crippen LogP contribution is 2.46. The van der Waals surface area contributed by atoms with Crippen molar-refractivity contribution >= 4 is 6.03 Å². The minimum Gasteiger partial charge on any atom is -0.417 e. The van der Waals surface area contributed by atoms with Crippen LogP contribution >= 0.6 is 0 Å². The molecule has 2 aromatic rings. The van der Waals surface area contributed by atoms with Crippen molar-refractivity contribution in [2.45, 2.75) is 51.1 Å². The summed E-state index contributed by atoms with van der Waals surface area (Å²) in [5, 5.41) is 6.84. The van der Waals surface area contributed by atoms with Gasteiger partial charge in [0.2, 0.25) is 5.88 Å². The number of alkyl halides is 2. The summed E-state index contributed by atoms with van der Waals surface area (Å²) in [5.74, 6) is 1.63. The van der Waals surface area contributed by atoms with Crippen LogP contribution in [0.3, 0.4) is 0 Å². The Morgan fingerprint density at radius 3 is 2.66 bits per heavy atom. The summed E-state index contributed by atoms with van der Waals surface area (Å²) < 4.78 is 28.8. The first kappa shape index (κ1) is 21.1. The van der Waals surface area contributed by atoms with E-state index in [0.29, 0.717) is 12.5 Å². The molecule has 2 saturated heterocycles. The van der Waals surface area contributed by atoms with Gasteiger partial charge in [-0.2, -0.15) is 13.9 Å². The van der Waals surface area contributed by atoms with E-state index in [2.05, 4.69) is 24.9 Å². The van der Waals surface area contributed by atoms with Crippen LogP contribution < -0.4 is 4.74 Å². The molecule has 172 valence electrons. The molecule has 32 heavy (non-hydrogen) atoms. The van der Waals surface area contributed by atoms with Gasteiger partial charge in [-0.3, -0.25) is 5.10 Å². The van der Waals surface area contributed by atoms with E-state index in [1.165, 1.54) is 12.4 Å². The third-order valence-electron chi connectivity index (χ3n) is 7.30. The van der Waals surface area contributed by atoms with Crippen LogP contribution in [0.2, 0.25) is 0 Å². The number of halogens is 2. The Kier molecular flexibility index (Phi) is 5.69. The Bertz CT molecular complexity index is 907. The van der Waals surface area contributed by atoms with Crippen molar-refractivity contribution < 1.29 is 18.3 Å². The van der Waals surface area contributed by atoms with Crippen LogP contribution in [-0.4, -0.2) is 68.8 Å². The molecule has 3 aliphatic rings. The molecule has 1 saturated carbocycles. The summed E-state index contributed by atoms with van der Waals surface area (Å²) in [6.45, 7) is 0.323. The first-order valence-electron chi connectivity index (χ1n) is 11.3. The van der Waals surface area contributed by atoms with Crippen LogP contribution in [0.15, 0.2) is 24.7 Å². The monoisotopic (exact) mass is 446 g/mol. The van der Waals surface area contributed by atoms with E-state index in [1.54, 1.807) is 6.20 Å². The number of amides is 2. The van der Waals surface area contributed by atoms with Gasteiger partial charge in [0, 0.05) is 49.8 Å². The van der Waals surface area contributed by atoms with Gasteiger partial charge in [-0.15, -0.1) is 0 Å². The molecule has 0 bridgehead atoms. The predicted octanol–water partition coefficient (Wildman–Crippen LogP) is 3.45. The molecular formula is C22H28F2N6O2. The fourth-order valence-corrected chi connectivity index (χ4v) is 5.50. The zero-order chi connectivity index (χ0) is 22.1. The van der Waals surface area contributed by atoms with Crippen molar-refractivity contribution in [3.63, 3.8) is 0 Å². The van der Waals surface area contributed by atoms with Crippen LogP contribution in [0.25, 0.3) is 0 Å². The van der Waals surface area contributed by atoms with Crippen molar-refractivity contribution in [1.82, 2.24) is 30.0 Å². The minimum absolute atomic E-state index is 0.0456. The van der Waals surface area contributed by atoms with E-state index in [4.69, 9.17) is 0 Å². The van der Waals surface area contributed by atoms with Crippen molar-refractivity contribution in [2.75, 3.05) is 26.2 Å². The van der Waals surface area contributed by atoms with Gasteiger partial charge < -0.3 is 14.5 Å². The first-order chi connectivity index (χ1) is 15.5. The average molecular weight is 447 g/mol. The number of hydrogen-bond donors (Lipinski definition) is 1. The topological polar surface area (TPSA) is 87.2 Å². The van der Waals surface area contributed by atoms with Crippen LogP contribution in [0.4, 0.5) is 13.6 Å². The van der Waals surface area contributed by atoms with Crippen LogP contribution in [0, 0.1) is 11.3 Å². The molecule has 10 heteroatoms. The van der Waals surface area contributed by atoms with E-state index in [-0.39, 0.29) is 23.2 Å². The Hall–Kier alpha value is -2.78. The van der Waals surface area contributed by atoms with Gasteiger partial charge >= 0.3 is 12.6 Å². The van der Waals surface area contributed by atoms with Gasteiger partial charge in [0.25, 0.3) is 0 Å². The van der Waals surface area contributed by atoms with Gasteiger partial charge in [0.05, 0.1) is 0 Å². The van der Waals surface area contributed by atoms with E-state index in [0.717, 1.165) is 69.5 Å². The zero-order valence-electron chi connectivity index (χ0n) is 17.9. The van der Waals surface area contributed by atoms with Gasteiger partial charge in [0.1, 0.15) is 12.2 Å². The highest BCUT2D eigenvalue weighted by Gasteiger charge is 2.48. The summed E-state index contributed by atoms with van der Waals surface area (Å²) >= 11 is 0. The van der Waals surface area contributed by atoms with E-state index < -0.39 is 6.61 Å². The number of likely N-dealkylation sites (tertiary alicyclic amines) is 2. The van der Waals surface area contributed by atoms with E-state index >= 15 is 0 Å². The number of aromatic nitrogens is 4. The lowest BCUT2D eigenvalue weighted by Crippen LogP contribution is -2.62. The van der Waals surface area contributed by atoms with Crippen molar-refractivity contribution in [3.8, 4) is 5.88 Å². The summed E-state index contributed by atoms with van der Waals surface area (Å²) in [7, 11) is 0. The summed E-state index contributed by atoms with van der Waals surface area (Å²) in [6, 6.07) is 3.48. The number of rotatable bonds is 5. The third kappa shape index (κ3) is 4.40. The van der Waals surface area contributed by atoms with Crippen molar-refractivity contribution in [3.05, 3.63) is 36.0 Å². The lowest BCUT2D eigenvalue weighted by Gasteiger charge is -2.54. The number of ether oxygens (including phenoxy) is 1. The largest absolute Gasteiger partial charge is 0.417 e. The zero-order valence-corrected chi connectivity index (χ0v) is 17.9. The fraction of sp³-hybridized carbons (Fsp3) is 0.636. The van der Waals surface area contributed by atoms with E-state index in [9.17, 15) is 13.6 Å². The Morgan fingerprint density at radius 2 is 2.00 bits per heavy atom. The summed E-state index contributed by atoms with van der Waals surface area (Å²) in [5.41, 5.74) is 1.32. The molecule has 2 amide bonds. The van der Waals surface area contributed by atoms with E-state index in [1.807, 2.05) is 15.9 Å². The Balaban J connectivity index is 1.06. The Labute approximate surface area is 185 Å². The molecular weight excluding hydrogens is 418 g/mol. The maximum Gasteiger partial charge on any atom is 0.388 e. The molecule has 5 rings (SSSR count). The highest BCUT2D eigenvalue weighted by molar-refractivity contribution is 5.76. The van der Waals surface area contributed by atoms with Crippen molar-refractivity contribution in [2.24, 2.45) is 11.3 Å². The Morgan fingerprint density at radius 1 is 1.19 bits per heavy atom. The molecule has 2 aliphatic heterocycles. The number of hydrogen-bond acceptors (Lipinski definition) is 5. The second-order valence-electron chi connectivity index (χ2n) is 9.47. The van der Waals surface area contributed by atoms with Crippen LogP contribution in [-0.2, 0) is 6.42 Å². The average Bonchev–Trinajstić information content (AvgIpc) is 3.45. The van der Waals surface area contributed by atoms with Crippen LogP contribution in [0.1, 0.15) is 49.4 Å². The third-order valence-corrected chi connectivity index (χ3v) is 7.30. The molecule has 4 heterocycles. The lowest BCUT2D eigenvalue weighted by molar-refractivity contribution is -0.0528. The first-order valence-corrected chi connectivity index (χ1v) is 11.3. The molecule has 1 aliphatic carbocycles. The summed E-state index contributed by atoms with van der Waals surface area (Å²) in [4.78, 5) is 25.1. The van der Waals surface area contributed by atoms with Crippen LogP contribution in [0.5, 0.6) is 5.88 Å². The van der Waals surface area contributed by atoms with Gasteiger partial charge in [-0.05, 0) is 50.0 Å². The molecule has 1 atom stereocenters. The minimum atomic E-state index is -2.85. The molecule has 1 spiro atoms. The number of pyridine rings is 1. The molecule has 8 nitrogen and oxygen atoms in total. The highest BCUT2D eigenvalue weighted by atomic mass is 19.3. The number of H-pyrrole nitrogens is 1. The molecule has 1 N–H and O–H groups in total. The smallest absolute Gasteiger partial charge is 0.388 e.